The lowest BCUT2D eigenvalue weighted by molar-refractivity contribution is -0.0693. The first-order valence-corrected chi connectivity index (χ1v) is 10.00. The molecule has 154 valence electrons. The Morgan fingerprint density at radius 3 is 2.67 bits per heavy atom. The van der Waals surface area contributed by atoms with E-state index in [0.717, 1.165) is 33.1 Å². The fraction of sp³-hybridized carbons (Fsp3) is 0.250. The van der Waals surface area contributed by atoms with Gasteiger partial charge in [0.05, 0.1) is 6.54 Å². The molecule has 0 radical (unpaired) electrons. The molecule has 0 fully saturated rings. The van der Waals surface area contributed by atoms with Gasteiger partial charge < -0.3 is 14.6 Å². The van der Waals surface area contributed by atoms with Gasteiger partial charge in [0, 0.05) is 22.5 Å². The van der Waals surface area contributed by atoms with Gasteiger partial charge in [-0.15, -0.1) is 5.06 Å². The zero-order valence-corrected chi connectivity index (χ0v) is 17.6. The van der Waals surface area contributed by atoms with Crippen LogP contribution in [0.15, 0.2) is 60.8 Å². The largest absolute Gasteiger partial charge is 0.443 e. The summed E-state index contributed by atoms with van der Waals surface area (Å²) in [4.78, 5) is 26.1. The molecule has 2 aromatic carbocycles. The molecular weight excluding hydrogens is 378 g/mol. The van der Waals surface area contributed by atoms with Crippen molar-refractivity contribution in [1.82, 2.24) is 15.0 Å². The number of ether oxygens (including phenoxy) is 1. The standard InChI is InChI=1S/C24H25N3O3/c1-5-27(23(28)29-24(2,3)4)30-17-10-8-9-16(15-17)18-13-14-25-22-21(18)19-11-6-7-12-20(19)26-22/h6-15H,5H2,1-4H3,(H,25,26). The number of hydrogen-bond acceptors (Lipinski definition) is 4. The number of nitrogens with zero attached hydrogens (tertiary/aromatic N) is 2. The first kappa shape index (κ1) is 19.8. The van der Waals surface area contributed by atoms with E-state index < -0.39 is 11.7 Å². The minimum Gasteiger partial charge on any atom is -0.442 e. The van der Waals surface area contributed by atoms with Gasteiger partial charge in [0.25, 0.3) is 0 Å². The van der Waals surface area contributed by atoms with E-state index in [9.17, 15) is 4.79 Å². The number of nitrogens with one attached hydrogen (secondary N) is 1. The molecule has 2 aromatic heterocycles. The first-order chi connectivity index (χ1) is 14.4. The highest BCUT2D eigenvalue weighted by molar-refractivity contribution is 6.12. The molecule has 0 unspecified atom stereocenters. The molecular formula is C24H25N3O3. The third kappa shape index (κ3) is 3.94. The molecule has 6 heteroatoms. The lowest BCUT2D eigenvalue weighted by atomic mass is 10.0. The van der Waals surface area contributed by atoms with Crippen LogP contribution in [0.5, 0.6) is 5.75 Å². The number of aromatic nitrogens is 2. The van der Waals surface area contributed by atoms with Crippen molar-refractivity contribution >= 4 is 28.0 Å². The summed E-state index contributed by atoms with van der Waals surface area (Å²) in [6.45, 7) is 7.69. The van der Waals surface area contributed by atoms with Crippen LogP contribution in [0.4, 0.5) is 4.79 Å². The van der Waals surface area contributed by atoms with Gasteiger partial charge in [-0.05, 0) is 63.1 Å². The van der Waals surface area contributed by atoms with Gasteiger partial charge in [0.1, 0.15) is 11.2 Å². The molecule has 2 heterocycles. The summed E-state index contributed by atoms with van der Waals surface area (Å²) in [5.74, 6) is 0.560. The van der Waals surface area contributed by atoms with Gasteiger partial charge in [-0.25, -0.2) is 9.78 Å². The van der Waals surface area contributed by atoms with Crippen LogP contribution in [-0.2, 0) is 4.74 Å². The summed E-state index contributed by atoms with van der Waals surface area (Å²) in [7, 11) is 0. The fourth-order valence-electron chi connectivity index (χ4n) is 3.40. The van der Waals surface area contributed by atoms with Crippen molar-refractivity contribution in [2.75, 3.05) is 6.54 Å². The lowest BCUT2D eigenvalue weighted by Gasteiger charge is -2.26. The summed E-state index contributed by atoms with van der Waals surface area (Å²) in [6.07, 6.45) is 1.28. The maximum absolute atomic E-state index is 12.4. The predicted octanol–water partition coefficient (Wildman–Crippen LogP) is 5.93. The van der Waals surface area contributed by atoms with Crippen molar-refractivity contribution in [2.24, 2.45) is 0 Å². The number of carbonyl (C=O) groups excluding carboxylic acids is 1. The number of hydrogen-bond donors (Lipinski definition) is 1. The van der Waals surface area contributed by atoms with E-state index in [4.69, 9.17) is 9.57 Å². The van der Waals surface area contributed by atoms with Crippen LogP contribution in [0.25, 0.3) is 33.1 Å². The third-order valence-corrected chi connectivity index (χ3v) is 4.65. The van der Waals surface area contributed by atoms with Gasteiger partial charge in [0.2, 0.25) is 0 Å². The second-order valence-corrected chi connectivity index (χ2v) is 8.05. The van der Waals surface area contributed by atoms with Crippen LogP contribution in [0.1, 0.15) is 27.7 Å². The molecule has 4 rings (SSSR count). The van der Waals surface area contributed by atoms with Crippen molar-refractivity contribution in [1.29, 1.82) is 0 Å². The fourth-order valence-corrected chi connectivity index (χ4v) is 3.40. The van der Waals surface area contributed by atoms with Gasteiger partial charge in [0.15, 0.2) is 5.75 Å². The third-order valence-electron chi connectivity index (χ3n) is 4.65. The van der Waals surface area contributed by atoms with Crippen LogP contribution in [0.3, 0.4) is 0 Å². The summed E-state index contributed by atoms with van der Waals surface area (Å²) in [5.41, 5.74) is 3.31. The van der Waals surface area contributed by atoms with E-state index in [1.807, 2.05) is 76.2 Å². The highest BCUT2D eigenvalue weighted by atomic mass is 16.7. The van der Waals surface area contributed by atoms with Crippen molar-refractivity contribution in [3.63, 3.8) is 0 Å². The van der Waals surface area contributed by atoms with Gasteiger partial charge in [-0.3, -0.25) is 0 Å². The number of amides is 1. The zero-order chi connectivity index (χ0) is 21.3. The Labute approximate surface area is 175 Å². The Morgan fingerprint density at radius 1 is 1.10 bits per heavy atom. The predicted molar refractivity (Wildman–Crippen MR) is 118 cm³/mol. The quantitative estimate of drug-likeness (QED) is 0.429. The average molecular weight is 403 g/mol. The van der Waals surface area contributed by atoms with E-state index in [0.29, 0.717) is 12.3 Å². The molecule has 0 atom stereocenters. The zero-order valence-electron chi connectivity index (χ0n) is 17.6. The number of pyridine rings is 1. The molecule has 0 aliphatic carbocycles. The molecule has 6 nitrogen and oxygen atoms in total. The van der Waals surface area contributed by atoms with E-state index in [2.05, 4.69) is 16.0 Å². The van der Waals surface area contributed by atoms with Crippen LogP contribution in [-0.4, -0.2) is 33.3 Å². The topological polar surface area (TPSA) is 67.5 Å². The Kier molecular flexibility index (Phi) is 5.08. The SMILES string of the molecule is CCN(Oc1cccc(-c2ccnc3[nH]c4ccccc4c23)c1)C(=O)OC(C)(C)C. The second kappa shape index (κ2) is 7.71. The summed E-state index contributed by atoms with van der Waals surface area (Å²) in [5, 5.41) is 3.40. The molecule has 30 heavy (non-hydrogen) atoms. The number of H-pyrrole nitrogens is 1. The number of aromatic amines is 1. The highest BCUT2D eigenvalue weighted by Gasteiger charge is 2.23. The van der Waals surface area contributed by atoms with Crippen molar-refractivity contribution in [3.8, 4) is 16.9 Å². The number of rotatable bonds is 4. The normalized spacial score (nSPS) is 11.6. The minimum absolute atomic E-state index is 0.362. The number of benzene rings is 2. The van der Waals surface area contributed by atoms with E-state index >= 15 is 0 Å². The summed E-state index contributed by atoms with van der Waals surface area (Å²) < 4.78 is 5.42. The Balaban J connectivity index is 1.70. The molecule has 0 aliphatic heterocycles. The van der Waals surface area contributed by atoms with E-state index in [1.165, 1.54) is 5.06 Å². The van der Waals surface area contributed by atoms with Gasteiger partial charge in [-0.1, -0.05) is 30.3 Å². The number of para-hydroxylation sites is 1. The Morgan fingerprint density at radius 2 is 1.90 bits per heavy atom. The number of hydroxylamine groups is 2. The van der Waals surface area contributed by atoms with Crippen molar-refractivity contribution in [3.05, 3.63) is 60.8 Å². The molecule has 1 amide bonds. The monoisotopic (exact) mass is 403 g/mol. The van der Waals surface area contributed by atoms with Crippen molar-refractivity contribution in [2.45, 2.75) is 33.3 Å². The molecule has 0 spiro atoms. The summed E-state index contributed by atoms with van der Waals surface area (Å²) >= 11 is 0. The smallest absolute Gasteiger partial charge is 0.442 e. The maximum atomic E-state index is 12.4. The van der Waals surface area contributed by atoms with Crippen molar-refractivity contribution < 1.29 is 14.4 Å². The van der Waals surface area contributed by atoms with Crippen LogP contribution in [0.2, 0.25) is 0 Å². The van der Waals surface area contributed by atoms with Crippen LogP contribution < -0.4 is 4.84 Å². The minimum atomic E-state index is -0.590. The second-order valence-electron chi connectivity index (χ2n) is 8.05. The number of fused-ring (bicyclic) bond motifs is 3. The van der Waals surface area contributed by atoms with Crippen LogP contribution >= 0.6 is 0 Å². The summed E-state index contributed by atoms with van der Waals surface area (Å²) in [6, 6.07) is 17.8. The van der Waals surface area contributed by atoms with E-state index in [-0.39, 0.29) is 0 Å². The molecule has 0 saturated carbocycles. The van der Waals surface area contributed by atoms with Crippen LogP contribution in [0, 0.1) is 0 Å². The Bertz CT molecular complexity index is 1210. The molecule has 1 N–H and O–H groups in total. The van der Waals surface area contributed by atoms with Gasteiger partial charge >= 0.3 is 6.09 Å². The lowest BCUT2D eigenvalue weighted by Crippen LogP contribution is -2.38. The molecule has 4 aromatic rings. The number of carbonyl (C=O) groups is 1. The van der Waals surface area contributed by atoms with Gasteiger partial charge in [-0.2, -0.15) is 0 Å². The first-order valence-electron chi connectivity index (χ1n) is 10.00. The highest BCUT2D eigenvalue weighted by Crippen LogP contribution is 2.34. The molecule has 0 saturated heterocycles. The van der Waals surface area contributed by atoms with E-state index in [1.54, 1.807) is 6.20 Å². The maximum Gasteiger partial charge on any atom is 0.443 e. The Hall–Kier alpha value is -3.54. The average Bonchev–Trinajstić information content (AvgIpc) is 3.09. The molecule has 0 bridgehead atoms. The molecule has 0 aliphatic rings.